The lowest BCUT2D eigenvalue weighted by atomic mass is 9.81. The fraction of sp³-hybridized carbons (Fsp3) is 1.00. The minimum Gasteiger partial charge on any atom is -0.388 e. The molecular formula is C14H26BrNO3. The summed E-state index contributed by atoms with van der Waals surface area (Å²) in [5.74, 6) is 0. The average Bonchev–Trinajstić information content (AvgIpc) is 2.39. The Labute approximate surface area is 124 Å². The summed E-state index contributed by atoms with van der Waals surface area (Å²) in [6, 6.07) is 0. The van der Waals surface area contributed by atoms with Crippen molar-refractivity contribution in [3.05, 3.63) is 0 Å². The first-order valence-corrected chi connectivity index (χ1v) is 8.32. The zero-order valence-corrected chi connectivity index (χ0v) is 13.5. The summed E-state index contributed by atoms with van der Waals surface area (Å²) in [7, 11) is 2.12. The van der Waals surface area contributed by atoms with Gasteiger partial charge >= 0.3 is 0 Å². The van der Waals surface area contributed by atoms with E-state index in [9.17, 15) is 5.11 Å². The summed E-state index contributed by atoms with van der Waals surface area (Å²) in [5.41, 5.74) is -0.264. The van der Waals surface area contributed by atoms with E-state index in [0.717, 1.165) is 57.3 Å². The molecule has 2 aliphatic rings. The van der Waals surface area contributed by atoms with Crippen molar-refractivity contribution < 1.29 is 14.6 Å². The van der Waals surface area contributed by atoms with Crippen LogP contribution >= 0.6 is 15.9 Å². The third-order valence-corrected chi connectivity index (χ3v) is 5.62. The van der Waals surface area contributed by atoms with E-state index in [1.165, 1.54) is 0 Å². The molecule has 0 aromatic carbocycles. The van der Waals surface area contributed by atoms with Gasteiger partial charge in [0.1, 0.15) is 0 Å². The summed E-state index contributed by atoms with van der Waals surface area (Å²) in [4.78, 5) is 2.29. The van der Waals surface area contributed by atoms with Gasteiger partial charge in [0.25, 0.3) is 0 Å². The Morgan fingerprint density at radius 1 is 1.00 bits per heavy atom. The van der Waals surface area contributed by atoms with Crippen molar-refractivity contribution in [2.24, 2.45) is 5.41 Å². The highest BCUT2D eigenvalue weighted by Gasteiger charge is 2.36. The smallest absolute Gasteiger partial charge is 0.0817 e. The Bertz CT molecular complexity index is 276. The van der Waals surface area contributed by atoms with Crippen molar-refractivity contribution in [2.45, 2.75) is 31.3 Å². The second kappa shape index (κ2) is 6.85. The van der Waals surface area contributed by atoms with E-state index in [-0.39, 0.29) is 0 Å². The van der Waals surface area contributed by atoms with E-state index >= 15 is 0 Å². The topological polar surface area (TPSA) is 41.9 Å². The normalized spacial score (nSPS) is 26.5. The monoisotopic (exact) mass is 335 g/mol. The number of likely N-dealkylation sites (N-methyl/N-ethyl adjacent to an activating group) is 1. The van der Waals surface area contributed by atoms with E-state index in [2.05, 4.69) is 27.9 Å². The van der Waals surface area contributed by atoms with Crippen molar-refractivity contribution in [2.75, 3.05) is 51.9 Å². The summed E-state index contributed by atoms with van der Waals surface area (Å²) < 4.78 is 10.8. The Balaban J connectivity index is 1.86. The van der Waals surface area contributed by atoms with Crippen molar-refractivity contribution in [3.8, 4) is 0 Å². The maximum Gasteiger partial charge on any atom is 0.0817 e. The average molecular weight is 336 g/mol. The molecule has 2 rings (SSSR count). The van der Waals surface area contributed by atoms with E-state index in [0.29, 0.717) is 18.6 Å². The molecule has 0 amide bonds. The molecule has 0 radical (unpaired) electrons. The van der Waals surface area contributed by atoms with Gasteiger partial charge in [-0.2, -0.15) is 0 Å². The van der Waals surface area contributed by atoms with E-state index < -0.39 is 5.60 Å². The number of ether oxygens (including phenoxy) is 2. The van der Waals surface area contributed by atoms with Crippen molar-refractivity contribution in [3.63, 3.8) is 0 Å². The Hall–Kier alpha value is 0.320. The van der Waals surface area contributed by atoms with Gasteiger partial charge in [-0.3, -0.25) is 0 Å². The molecule has 4 nitrogen and oxygen atoms in total. The second-order valence-corrected chi connectivity index (χ2v) is 6.82. The van der Waals surface area contributed by atoms with Crippen LogP contribution < -0.4 is 0 Å². The number of aliphatic hydroxyl groups is 1. The number of halogens is 1. The van der Waals surface area contributed by atoms with Crippen LogP contribution in [-0.2, 0) is 9.47 Å². The first kappa shape index (κ1) is 15.7. The number of rotatable bonds is 5. The summed E-state index contributed by atoms with van der Waals surface area (Å²) >= 11 is 3.67. The lowest BCUT2D eigenvalue weighted by molar-refractivity contribution is -0.0830. The predicted octanol–water partition coefficient (Wildman–Crippen LogP) is 1.65. The Morgan fingerprint density at radius 2 is 1.53 bits per heavy atom. The van der Waals surface area contributed by atoms with E-state index in [1.807, 2.05) is 0 Å². The standard InChI is InChI=1S/C14H26BrNO3/c1-16(12-14(17)4-8-19-9-5-14)11-13(10-15)2-6-18-7-3-13/h17H,2-12H2,1H3. The van der Waals surface area contributed by atoms with Gasteiger partial charge in [-0.1, -0.05) is 15.9 Å². The predicted molar refractivity (Wildman–Crippen MR) is 78.8 cm³/mol. The lowest BCUT2D eigenvalue weighted by Gasteiger charge is -2.42. The van der Waals surface area contributed by atoms with Gasteiger partial charge < -0.3 is 19.5 Å². The highest BCUT2D eigenvalue weighted by Crippen LogP contribution is 2.34. The molecule has 0 aromatic rings. The molecular weight excluding hydrogens is 310 g/mol. The van der Waals surface area contributed by atoms with Crippen LogP contribution in [0.5, 0.6) is 0 Å². The SMILES string of the molecule is CN(CC1(O)CCOCC1)CC1(CBr)CCOCC1. The van der Waals surface area contributed by atoms with Gasteiger partial charge in [-0.25, -0.2) is 0 Å². The summed E-state index contributed by atoms with van der Waals surface area (Å²) in [5, 5.41) is 11.6. The van der Waals surface area contributed by atoms with Gasteiger partial charge in [-0.15, -0.1) is 0 Å². The quantitative estimate of drug-likeness (QED) is 0.776. The molecule has 2 aliphatic heterocycles. The van der Waals surface area contributed by atoms with Crippen LogP contribution in [0.2, 0.25) is 0 Å². The number of alkyl halides is 1. The lowest BCUT2D eigenvalue weighted by Crippen LogP contribution is -2.49. The molecule has 2 saturated heterocycles. The number of nitrogens with zero attached hydrogens (tertiary/aromatic N) is 1. The molecule has 0 atom stereocenters. The zero-order chi connectivity index (χ0) is 13.8. The highest BCUT2D eigenvalue weighted by molar-refractivity contribution is 9.09. The van der Waals surface area contributed by atoms with Crippen molar-refractivity contribution in [1.82, 2.24) is 4.90 Å². The molecule has 0 aliphatic carbocycles. The molecule has 5 heteroatoms. The van der Waals surface area contributed by atoms with Crippen LogP contribution in [0, 0.1) is 5.41 Å². The van der Waals surface area contributed by atoms with E-state index in [1.54, 1.807) is 0 Å². The molecule has 19 heavy (non-hydrogen) atoms. The molecule has 1 N–H and O–H groups in total. The van der Waals surface area contributed by atoms with Gasteiger partial charge in [0.2, 0.25) is 0 Å². The van der Waals surface area contributed by atoms with Gasteiger partial charge in [0, 0.05) is 57.7 Å². The van der Waals surface area contributed by atoms with Crippen LogP contribution in [0.25, 0.3) is 0 Å². The Morgan fingerprint density at radius 3 is 2.05 bits per heavy atom. The molecule has 0 unspecified atom stereocenters. The maximum atomic E-state index is 10.6. The number of hydrogen-bond acceptors (Lipinski definition) is 4. The van der Waals surface area contributed by atoms with Crippen LogP contribution in [-0.4, -0.2) is 67.5 Å². The fourth-order valence-corrected chi connectivity index (χ4v) is 3.92. The van der Waals surface area contributed by atoms with E-state index in [4.69, 9.17) is 9.47 Å². The summed E-state index contributed by atoms with van der Waals surface area (Å²) in [6.45, 7) is 4.84. The van der Waals surface area contributed by atoms with Gasteiger partial charge in [0.05, 0.1) is 5.60 Å². The minimum absolute atomic E-state index is 0.300. The first-order chi connectivity index (χ1) is 9.08. The maximum absolute atomic E-state index is 10.6. The molecule has 112 valence electrons. The third-order valence-electron chi connectivity index (χ3n) is 4.43. The molecule has 0 bridgehead atoms. The molecule has 0 spiro atoms. The van der Waals surface area contributed by atoms with Crippen LogP contribution in [0.15, 0.2) is 0 Å². The van der Waals surface area contributed by atoms with Crippen molar-refractivity contribution >= 4 is 15.9 Å². The molecule has 0 saturated carbocycles. The molecule has 2 fully saturated rings. The third kappa shape index (κ3) is 4.39. The van der Waals surface area contributed by atoms with Crippen LogP contribution in [0.1, 0.15) is 25.7 Å². The Kier molecular flexibility index (Phi) is 5.66. The second-order valence-electron chi connectivity index (χ2n) is 6.26. The molecule has 2 heterocycles. The van der Waals surface area contributed by atoms with Gasteiger partial charge in [0.15, 0.2) is 0 Å². The van der Waals surface area contributed by atoms with Crippen LogP contribution in [0.3, 0.4) is 0 Å². The highest BCUT2D eigenvalue weighted by atomic mass is 79.9. The number of hydrogen-bond donors (Lipinski definition) is 1. The van der Waals surface area contributed by atoms with Gasteiger partial charge in [-0.05, 0) is 25.3 Å². The molecule has 0 aromatic heterocycles. The largest absolute Gasteiger partial charge is 0.388 e. The zero-order valence-electron chi connectivity index (χ0n) is 11.9. The first-order valence-electron chi connectivity index (χ1n) is 7.20. The van der Waals surface area contributed by atoms with Crippen LogP contribution in [0.4, 0.5) is 0 Å². The minimum atomic E-state index is -0.564. The summed E-state index contributed by atoms with van der Waals surface area (Å²) in [6.07, 6.45) is 3.71. The van der Waals surface area contributed by atoms with Crippen molar-refractivity contribution in [1.29, 1.82) is 0 Å². The fourth-order valence-electron chi connectivity index (χ4n) is 3.18.